The first-order chi connectivity index (χ1) is 13.6. The van der Waals surface area contributed by atoms with Crippen LogP contribution in [0.15, 0.2) is 9.32 Å². The van der Waals surface area contributed by atoms with Gasteiger partial charge in [0.25, 0.3) is 5.56 Å². The number of nitrogens with one attached hydrogen (secondary N) is 2. The summed E-state index contributed by atoms with van der Waals surface area (Å²) in [6.07, 6.45) is 4.53. The maximum absolute atomic E-state index is 12.4. The monoisotopic (exact) mass is 419 g/mol. The summed E-state index contributed by atoms with van der Waals surface area (Å²) in [4.78, 5) is 38.1. The number of hydrogen-bond acceptors (Lipinski definition) is 8. The summed E-state index contributed by atoms with van der Waals surface area (Å²) in [5.41, 5.74) is 1.13. The summed E-state index contributed by atoms with van der Waals surface area (Å²) in [7, 11) is 0. The smallest absolute Gasteiger partial charge is 0.259 e. The van der Waals surface area contributed by atoms with Gasteiger partial charge in [-0.3, -0.25) is 9.59 Å². The molecule has 0 radical (unpaired) electrons. The predicted molar refractivity (Wildman–Crippen MR) is 109 cm³/mol. The fourth-order valence-electron chi connectivity index (χ4n) is 3.32. The molecular weight excluding hydrogens is 398 g/mol. The predicted octanol–water partition coefficient (Wildman–Crippen LogP) is 2.15. The molecule has 3 aromatic heterocycles. The van der Waals surface area contributed by atoms with Gasteiger partial charge in [0, 0.05) is 17.8 Å². The molecule has 1 aliphatic carbocycles. The fraction of sp³-hybridized carbons (Fsp3) is 0.500. The number of hydrogen-bond donors (Lipinski definition) is 2. The number of aryl methyl sites for hydroxylation is 4. The van der Waals surface area contributed by atoms with Gasteiger partial charge in [0.05, 0.1) is 16.9 Å². The number of thiophene rings is 1. The van der Waals surface area contributed by atoms with E-state index in [4.69, 9.17) is 4.52 Å². The first kappa shape index (κ1) is 19.1. The molecule has 148 valence electrons. The second-order valence-corrected chi connectivity index (χ2v) is 8.80. The van der Waals surface area contributed by atoms with Crippen molar-refractivity contribution in [2.24, 2.45) is 0 Å². The van der Waals surface area contributed by atoms with E-state index in [1.807, 2.05) is 0 Å². The van der Waals surface area contributed by atoms with Gasteiger partial charge in [-0.25, -0.2) is 4.98 Å². The number of rotatable bonds is 8. The summed E-state index contributed by atoms with van der Waals surface area (Å²) in [5.74, 6) is 2.62. The zero-order valence-electron chi connectivity index (χ0n) is 15.5. The van der Waals surface area contributed by atoms with E-state index in [1.165, 1.54) is 22.2 Å². The number of carbonyl (C=O) groups excluding carboxylic acids is 1. The van der Waals surface area contributed by atoms with Gasteiger partial charge in [0.15, 0.2) is 5.82 Å². The molecule has 28 heavy (non-hydrogen) atoms. The molecule has 0 saturated carbocycles. The number of thioether (sulfide) groups is 1. The molecule has 10 heteroatoms. The van der Waals surface area contributed by atoms with Crippen LogP contribution in [0.4, 0.5) is 0 Å². The molecule has 2 N–H and O–H groups in total. The fourth-order valence-corrected chi connectivity index (χ4v) is 5.32. The standard InChI is InChI=1S/C18H21N5O3S2/c1-10-20-15(26-23-10)6-3-7-19-14(24)9-27-8-13-21-17(25)16-11-4-2-5-12(11)28-18(16)22-13/h2-9H2,1H3,(H,19,24)(H,21,22,25). The van der Waals surface area contributed by atoms with Crippen molar-refractivity contribution in [1.29, 1.82) is 0 Å². The average Bonchev–Trinajstić information content (AvgIpc) is 3.34. The molecule has 0 bridgehead atoms. The molecule has 0 unspecified atom stereocenters. The van der Waals surface area contributed by atoms with Gasteiger partial charge in [-0.1, -0.05) is 5.16 Å². The largest absolute Gasteiger partial charge is 0.355 e. The lowest BCUT2D eigenvalue weighted by Crippen LogP contribution is -2.26. The minimum Gasteiger partial charge on any atom is -0.355 e. The lowest BCUT2D eigenvalue weighted by atomic mass is 10.2. The van der Waals surface area contributed by atoms with Gasteiger partial charge in [-0.2, -0.15) is 4.98 Å². The zero-order chi connectivity index (χ0) is 19.5. The number of amides is 1. The van der Waals surface area contributed by atoms with E-state index in [9.17, 15) is 9.59 Å². The first-order valence-corrected chi connectivity index (χ1v) is 11.2. The molecule has 0 atom stereocenters. The Labute approximate surface area is 169 Å². The van der Waals surface area contributed by atoms with E-state index in [1.54, 1.807) is 18.3 Å². The maximum atomic E-state index is 12.4. The minimum atomic E-state index is -0.0549. The topological polar surface area (TPSA) is 114 Å². The summed E-state index contributed by atoms with van der Waals surface area (Å²) in [6, 6.07) is 0. The van der Waals surface area contributed by atoms with E-state index >= 15 is 0 Å². The van der Waals surface area contributed by atoms with E-state index in [0.717, 1.165) is 35.9 Å². The highest BCUT2D eigenvalue weighted by Gasteiger charge is 2.21. The van der Waals surface area contributed by atoms with Gasteiger partial charge in [-0.05, 0) is 38.2 Å². The molecule has 3 heterocycles. The number of aromatic amines is 1. The molecule has 1 amide bonds. The second kappa shape index (κ2) is 8.44. The van der Waals surface area contributed by atoms with Crippen LogP contribution >= 0.6 is 23.1 Å². The number of carbonyl (C=O) groups is 1. The molecule has 0 fully saturated rings. The zero-order valence-corrected chi connectivity index (χ0v) is 17.2. The van der Waals surface area contributed by atoms with Crippen LogP contribution in [0.2, 0.25) is 0 Å². The van der Waals surface area contributed by atoms with Crippen molar-refractivity contribution in [1.82, 2.24) is 25.4 Å². The van der Waals surface area contributed by atoms with Crippen LogP contribution in [0, 0.1) is 6.92 Å². The maximum Gasteiger partial charge on any atom is 0.259 e. The number of H-pyrrole nitrogens is 1. The highest BCUT2D eigenvalue weighted by molar-refractivity contribution is 7.99. The van der Waals surface area contributed by atoms with Crippen molar-refractivity contribution in [2.75, 3.05) is 12.3 Å². The average molecular weight is 420 g/mol. The van der Waals surface area contributed by atoms with Crippen LogP contribution in [0.3, 0.4) is 0 Å². The Balaban J connectivity index is 1.22. The Morgan fingerprint density at radius 3 is 3.07 bits per heavy atom. The Bertz CT molecular complexity index is 1060. The van der Waals surface area contributed by atoms with Crippen molar-refractivity contribution in [2.45, 2.75) is 44.8 Å². The van der Waals surface area contributed by atoms with E-state index in [-0.39, 0.29) is 11.5 Å². The molecule has 3 aromatic rings. The van der Waals surface area contributed by atoms with Gasteiger partial charge >= 0.3 is 0 Å². The lowest BCUT2D eigenvalue weighted by molar-refractivity contribution is -0.118. The van der Waals surface area contributed by atoms with Gasteiger partial charge in [0.2, 0.25) is 11.8 Å². The molecule has 0 aromatic carbocycles. The highest BCUT2D eigenvalue weighted by Crippen LogP contribution is 2.34. The van der Waals surface area contributed by atoms with Crippen molar-refractivity contribution in [3.8, 4) is 0 Å². The minimum absolute atomic E-state index is 0.0368. The molecule has 4 rings (SSSR count). The normalized spacial score (nSPS) is 13.2. The van der Waals surface area contributed by atoms with Gasteiger partial charge < -0.3 is 14.8 Å². The Kier molecular flexibility index (Phi) is 5.77. The first-order valence-electron chi connectivity index (χ1n) is 9.27. The van der Waals surface area contributed by atoms with Crippen LogP contribution in [0.1, 0.15) is 40.8 Å². The van der Waals surface area contributed by atoms with Crippen LogP contribution in [-0.4, -0.2) is 38.3 Å². The summed E-state index contributed by atoms with van der Waals surface area (Å²) >= 11 is 3.07. The van der Waals surface area contributed by atoms with Crippen LogP contribution in [0.5, 0.6) is 0 Å². The molecular formula is C18H21N5O3S2. The number of nitrogens with zero attached hydrogens (tertiary/aromatic N) is 3. The number of fused-ring (bicyclic) bond motifs is 3. The second-order valence-electron chi connectivity index (χ2n) is 6.73. The van der Waals surface area contributed by atoms with Crippen molar-refractivity contribution in [3.63, 3.8) is 0 Å². The SMILES string of the molecule is Cc1noc(CCCNC(=O)CSCc2nc3sc4c(c3c(=O)[nH]2)CCC4)n1. The Hall–Kier alpha value is -2.20. The van der Waals surface area contributed by atoms with Crippen LogP contribution in [0.25, 0.3) is 10.2 Å². The van der Waals surface area contributed by atoms with Crippen LogP contribution in [-0.2, 0) is 29.8 Å². The third-order valence-corrected chi connectivity index (χ3v) is 6.68. The van der Waals surface area contributed by atoms with E-state index < -0.39 is 0 Å². The van der Waals surface area contributed by atoms with E-state index in [2.05, 4.69) is 25.4 Å². The summed E-state index contributed by atoms with van der Waals surface area (Å²) in [6.45, 7) is 2.33. The quantitative estimate of drug-likeness (QED) is 0.538. The molecule has 0 saturated heterocycles. The van der Waals surface area contributed by atoms with Crippen molar-refractivity contribution in [3.05, 3.63) is 38.3 Å². The third kappa shape index (κ3) is 4.27. The van der Waals surface area contributed by atoms with E-state index in [0.29, 0.717) is 42.0 Å². The van der Waals surface area contributed by atoms with Crippen molar-refractivity contribution < 1.29 is 9.32 Å². The highest BCUT2D eigenvalue weighted by atomic mass is 32.2. The molecule has 0 aliphatic heterocycles. The van der Waals surface area contributed by atoms with Crippen molar-refractivity contribution >= 4 is 39.2 Å². The van der Waals surface area contributed by atoms with Crippen LogP contribution < -0.4 is 10.9 Å². The third-order valence-electron chi connectivity index (χ3n) is 4.56. The molecule has 1 aliphatic rings. The Morgan fingerprint density at radius 2 is 2.25 bits per heavy atom. The summed E-state index contributed by atoms with van der Waals surface area (Å²) < 4.78 is 5.03. The molecule has 8 nitrogen and oxygen atoms in total. The lowest BCUT2D eigenvalue weighted by Gasteiger charge is -2.04. The summed E-state index contributed by atoms with van der Waals surface area (Å²) in [5, 5.41) is 7.37. The molecule has 0 spiro atoms. The number of aromatic nitrogens is 4. The Morgan fingerprint density at radius 1 is 1.36 bits per heavy atom. The van der Waals surface area contributed by atoms with Gasteiger partial charge in [0.1, 0.15) is 10.7 Å². The van der Waals surface area contributed by atoms with Gasteiger partial charge in [-0.15, -0.1) is 23.1 Å².